The quantitative estimate of drug-likeness (QED) is 0.574. The van der Waals surface area contributed by atoms with Crippen LogP contribution in [0.1, 0.15) is 12.8 Å². The van der Waals surface area contributed by atoms with Crippen LogP contribution in [0.15, 0.2) is 0 Å². The molecule has 1 saturated heterocycles. The van der Waals surface area contributed by atoms with Crippen LogP contribution < -0.4 is 10.6 Å². The number of hydrogen-bond acceptors (Lipinski definition) is 4. The van der Waals surface area contributed by atoms with Gasteiger partial charge in [-0.1, -0.05) is 0 Å². The van der Waals surface area contributed by atoms with E-state index in [4.69, 9.17) is 4.74 Å². The van der Waals surface area contributed by atoms with Crippen molar-refractivity contribution in [2.45, 2.75) is 12.8 Å². The Bertz CT molecular complexity index is 218. The van der Waals surface area contributed by atoms with Crippen molar-refractivity contribution in [1.29, 1.82) is 0 Å². The fourth-order valence-corrected chi connectivity index (χ4v) is 1.94. The van der Waals surface area contributed by atoms with Crippen LogP contribution in [-0.4, -0.2) is 64.3 Å². The molecule has 5 heteroatoms. The number of likely N-dealkylation sites (N-methyl/N-ethyl adjacent to an activating group) is 1. The lowest BCUT2D eigenvalue weighted by atomic mass is 10.1. The van der Waals surface area contributed by atoms with Crippen molar-refractivity contribution in [3.8, 4) is 0 Å². The third kappa shape index (κ3) is 6.00. The van der Waals surface area contributed by atoms with Gasteiger partial charge in [0.15, 0.2) is 0 Å². The number of rotatable bonds is 8. The van der Waals surface area contributed by atoms with Crippen molar-refractivity contribution < 1.29 is 9.53 Å². The molecule has 5 nitrogen and oxygen atoms in total. The predicted molar refractivity (Wildman–Crippen MR) is 68.0 cm³/mol. The highest BCUT2D eigenvalue weighted by Crippen LogP contribution is 2.06. The highest BCUT2D eigenvalue weighted by atomic mass is 16.5. The molecular weight excluding hydrogens is 218 g/mol. The first-order chi connectivity index (χ1) is 8.24. The van der Waals surface area contributed by atoms with E-state index in [0.29, 0.717) is 0 Å². The van der Waals surface area contributed by atoms with Gasteiger partial charge in [0.2, 0.25) is 5.91 Å². The fourth-order valence-electron chi connectivity index (χ4n) is 1.94. The molecule has 1 heterocycles. The SMILES string of the molecule is COCCN(C)CCCNC(=O)C1CCNC1. The molecule has 1 atom stereocenters. The van der Waals surface area contributed by atoms with Crippen LogP contribution in [0, 0.1) is 5.92 Å². The van der Waals surface area contributed by atoms with E-state index in [1.165, 1.54) is 0 Å². The van der Waals surface area contributed by atoms with Crippen molar-refractivity contribution in [3.63, 3.8) is 0 Å². The second-order valence-electron chi connectivity index (χ2n) is 4.63. The Kier molecular flexibility index (Phi) is 7.16. The summed E-state index contributed by atoms with van der Waals surface area (Å²) in [6.45, 7) is 5.27. The Morgan fingerprint density at radius 2 is 2.35 bits per heavy atom. The second kappa shape index (κ2) is 8.44. The lowest BCUT2D eigenvalue weighted by Crippen LogP contribution is -2.34. The molecule has 0 aromatic heterocycles. The van der Waals surface area contributed by atoms with E-state index in [1.807, 2.05) is 0 Å². The molecule has 1 unspecified atom stereocenters. The molecule has 0 aromatic carbocycles. The average Bonchev–Trinajstić information content (AvgIpc) is 2.85. The summed E-state index contributed by atoms with van der Waals surface area (Å²) < 4.78 is 5.01. The molecule has 0 aromatic rings. The Balaban J connectivity index is 1.97. The number of hydrogen-bond donors (Lipinski definition) is 2. The van der Waals surface area contributed by atoms with Gasteiger partial charge in [0.25, 0.3) is 0 Å². The van der Waals surface area contributed by atoms with Crippen LogP contribution in [0.3, 0.4) is 0 Å². The van der Waals surface area contributed by atoms with E-state index in [0.717, 1.165) is 52.2 Å². The first-order valence-electron chi connectivity index (χ1n) is 6.40. The zero-order valence-corrected chi connectivity index (χ0v) is 11.0. The van der Waals surface area contributed by atoms with Gasteiger partial charge in [-0.25, -0.2) is 0 Å². The van der Waals surface area contributed by atoms with Crippen LogP contribution in [0.25, 0.3) is 0 Å². The summed E-state index contributed by atoms with van der Waals surface area (Å²) in [4.78, 5) is 13.9. The van der Waals surface area contributed by atoms with E-state index in [-0.39, 0.29) is 11.8 Å². The number of nitrogens with one attached hydrogen (secondary N) is 2. The molecule has 0 aliphatic carbocycles. The van der Waals surface area contributed by atoms with E-state index in [9.17, 15) is 4.79 Å². The Morgan fingerprint density at radius 3 is 3.00 bits per heavy atom. The molecule has 0 bridgehead atoms. The van der Waals surface area contributed by atoms with Gasteiger partial charge in [0.05, 0.1) is 12.5 Å². The van der Waals surface area contributed by atoms with E-state index >= 15 is 0 Å². The molecule has 1 aliphatic rings. The summed E-state index contributed by atoms with van der Waals surface area (Å²) in [5.41, 5.74) is 0. The molecule has 0 saturated carbocycles. The van der Waals surface area contributed by atoms with Crippen LogP contribution in [0.4, 0.5) is 0 Å². The zero-order valence-electron chi connectivity index (χ0n) is 11.0. The van der Waals surface area contributed by atoms with Gasteiger partial charge in [-0.05, 0) is 33.0 Å². The number of carbonyl (C=O) groups excluding carboxylic acids is 1. The van der Waals surface area contributed by atoms with Crippen molar-refractivity contribution >= 4 is 5.91 Å². The van der Waals surface area contributed by atoms with E-state index < -0.39 is 0 Å². The number of methoxy groups -OCH3 is 1. The van der Waals surface area contributed by atoms with Crippen LogP contribution >= 0.6 is 0 Å². The van der Waals surface area contributed by atoms with Crippen LogP contribution in [0.2, 0.25) is 0 Å². The minimum Gasteiger partial charge on any atom is -0.383 e. The lowest BCUT2D eigenvalue weighted by molar-refractivity contribution is -0.124. The third-order valence-corrected chi connectivity index (χ3v) is 3.12. The minimum atomic E-state index is 0.182. The van der Waals surface area contributed by atoms with Gasteiger partial charge in [0.1, 0.15) is 0 Å². The van der Waals surface area contributed by atoms with E-state index in [1.54, 1.807) is 7.11 Å². The monoisotopic (exact) mass is 243 g/mol. The number of carbonyl (C=O) groups is 1. The van der Waals surface area contributed by atoms with E-state index in [2.05, 4.69) is 22.6 Å². The van der Waals surface area contributed by atoms with Crippen molar-refractivity contribution in [2.24, 2.45) is 5.92 Å². The summed E-state index contributed by atoms with van der Waals surface area (Å²) in [5, 5.41) is 6.20. The number of amides is 1. The average molecular weight is 243 g/mol. The smallest absolute Gasteiger partial charge is 0.224 e. The molecule has 0 spiro atoms. The zero-order chi connectivity index (χ0) is 12.5. The Morgan fingerprint density at radius 1 is 1.53 bits per heavy atom. The summed E-state index contributed by atoms with van der Waals surface area (Å²) in [7, 11) is 3.78. The maximum Gasteiger partial charge on any atom is 0.224 e. The molecule has 100 valence electrons. The summed E-state index contributed by atoms with van der Waals surface area (Å²) in [6.07, 6.45) is 1.96. The second-order valence-corrected chi connectivity index (χ2v) is 4.63. The molecule has 0 radical (unpaired) electrons. The van der Waals surface area contributed by atoms with Gasteiger partial charge in [-0.3, -0.25) is 4.79 Å². The Hall–Kier alpha value is -0.650. The molecule has 1 fully saturated rings. The highest BCUT2D eigenvalue weighted by Gasteiger charge is 2.21. The van der Waals surface area contributed by atoms with Gasteiger partial charge in [-0.15, -0.1) is 0 Å². The van der Waals surface area contributed by atoms with Crippen molar-refractivity contribution in [1.82, 2.24) is 15.5 Å². The van der Waals surface area contributed by atoms with Gasteiger partial charge in [-0.2, -0.15) is 0 Å². The van der Waals surface area contributed by atoms with Crippen molar-refractivity contribution in [2.75, 3.05) is 53.5 Å². The van der Waals surface area contributed by atoms with Crippen molar-refractivity contribution in [3.05, 3.63) is 0 Å². The third-order valence-electron chi connectivity index (χ3n) is 3.12. The first kappa shape index (κ1) is 14.4. The predicted octanol–water partition coefficient (Wildman–Crippen LogP) is -0.320. The summed E-state index contributed by atoms with van der Waals surface area (Å²) in [6, 6.07) is 0. The summed E-state index contributed by atoms with van der Waals surface area (Å²) >= 11 is 0. The molecule has 2 N–H and O–H groups in total. The van der Waals surface area contributed by atoms with Gasteiger partial charge < -0.3 is 20.3 Å². The summed E-state index contributed by atoms with van der Waals surface area (Å²) in [5.74, 6) is 0.385. The normalized spacial score (nSPS) is 19.8. The maximum absolute atomic E-state index is 11.7. The van der Waals surface area contributed by atoms with Crippen LogP contribution in [0.5, 0.6) is 0 Å². The van der Waals surface area contributed by atoms with Crippen LogP contribution in [-0.2, 0) is 9.53 Å². The molecule has 1 rings (SSSR count). The molecule has 1 amide bonds. The van der Waals surface area contributed by atoms with Gasteiger partial charge >= 0.3 is 0 Å². The minimum absolute atomic E-state index is 0.182. The first-order valence-corrected chi connectivity index (χ1v) is 6.40. The lowest BCUT2D eigenvalue weighted by Gasteiger charge is -2.16. The topological polar surface area (TPSA) is 53.6 Å². The maximum atomic E-state index is 11.7. The molecule has 17 heavy (non-hydrogen) atoms. The molecule has 1 aliphatic heterocycles. The fraction of sp³-hybridized carbons (Fsp3) is 0.917. The standard InChI is InChI=1S/C12H25N3O2/c1-15(8-9-17-2)7-3-5-14-12(16)11-4-6-13-10-11/h11,13H,3-10H2,1-2H3,(H,14,16). The number of nitrogens with zero attached hydrogens (tertiary/aromatic N) is 1. The largest absolute Gasteiger partial charge is 0.383 e. The molecular formula is C12H25N3O2. The Labute approximate surface area is 104 Å². The highest BCUT2D eigenvalue weighted by molar-refractivity contribution is 5.79. The van der Waals surface area contributed by atoms with Gasteiger partial charge in [0, 0.05) is 26.7 Å². The number of ether oxygens (including phenoxy) is 1.